The van der Waals surface area contributed by atoms with Crippen LogP contribution in [0.5, 0.6) is 0 Å². The zero-order valence-electron chi connectivity index (χ0n) is 12.6. The highest BCUT2D eigenvalue weighted by atomic mass is 16.2. The number of carbonyl (C=O) groups is 2. The minimum Gasteiger partial charge on any atom is -0.273 e. The lowest BCUT2D eigenvalue weighted by molar-refractivity contribution is -0.130. The normalized spacial score (nSPS) is 35.2. The molecular formula is C18H22N2O2. The van der Waals surface area contributed by atoms with Crippen molar-refractivity contribution in [2.24, 2.45) is 23.7 Å². The first-order valence-electron chi connectivity index (χ1n) is 8.40. The van der Waals surface area contributed by atoms with Gasteiger partial charge in [-0.05, 0) is 42.6 Å². The van der Waals surface area contributed by atoms with Crippen LogP contribution in [-0.4, -0.2) is 11.8 Å². The van der Waals surface area contributed by atoms with Gasteiger partial charge in [-0.15, -0.1) is 0 Å². The molecule has 1 aromatic rings. The average molecular weight is 298 g/mol. The van der Waals surface area contributed by atoms with Crippen LogP contribution in [0, 0.1) is 23.7 Å². The molecule has 3 saturated carbocycles. The van der Waals surface area contributed by atoms with Crippen molar-refractivity contribution in [1.29, 1.82) is 0 Å². The van der Waals surface area contributed by atoms with Crippen molar-refractivity contribution >= 4 is 11.8 Å². The number of fused-ring (bicyclic) bond motifs is 1. The Morgan fingerprint density at radius 1 is 0.909 bits per heavy atom. The summed E-state index contributed by atoms with van der Waals surface area (Å²) in [7, 11) is 0. The van der Waals surface area contributed by atoms with E-state index in [2.05, 4.69) is 23.0 Å². The highest BCUT2D eigenvalue weighted by Crippen LogP contribution is 2.55. The predicted molar refractivity (Wildman–Crippen MR) is 82.5 cm³/mol. The van der Waals surface area contributed by atoms with E-state index in [1.54, 1.807) is 0 Å². The molecule has 4 nitrogen and oxygen atoms in total. The number of hydrogen-bond donors (Lipinski definition) is 2. The smallest absolute Gasteiger partial charge is 0.242 e. The topological polar surface area (TPSA) is 58.2 Å². The number of nitrogens with one attached hydrogen (secondary N) is 2. The highest BCUT2D eigenvalue weighted by Gasteiger charge is 2.55. The monoisotopic (exact) mass is 298 g/mol. The van der Waals surface area contributed by atoms with Crippen LogP contribution in [0.25, 0.3) is 0 Å². The summed E-state index contributed by atoms with van der Waals surface area (Å²) >= 11 is 0. The molecule has 2 amide bonds. The number of hydrazine groups is 1. The Kier molecular flexibility index (Phi) is 3.40. The Labute approximate surface area is 130 Å². The lowest BCUT2D eigenvalue weighted by atomic mass is 10.0. The van der Waals surface area contributed by atoms with E-state index in [0.29, 0.717) is 17.8 Å². The van der Waals surface area contributed by atoms with Crippen LogP contribution < -0.4 is 10.9 Å². The van der Waals surface area contributed by atoms with Gasteiger partial charge >= 0.3 is 0 Å². The van der Waals surface area contributed by atoms with Crippen molar-refractivity contribution < 1.29 is 9.59 Å². The quantitative estimate of drug-likeness (QED) is 0.842. The van der Waals surface area contributed by atoms with Gasteiger partial charge in [-0.3, -0.25) is 20.4 Å². The van der Waals surface area contributed by atoms with E-state index in [0.717, 1.165) is 6.42 Å². The van der Waals surface area contributed by atoms with Gasteiger partial charge in [-0.1, -0.05) is 43.2 Å². The Bertz CT molecular complexity index is 574. The third kappa shape index (κ3) is 2.51. The maximum atomic E-state index is 12.1. The number of carbonyl (C=O) groups excluding carboxylic acids is 2. The molecule has 0 saturated heterocycles. The largest absolute Gasteiger partial charge is 0.273 e. The summed E-state index contributed by atoms with van der Waals surface area (Å²) in [4.78, 5) is 24.3. The molecule has 3 aliphatic carbocycles. The van der Waals surface area contributed by atoms with Gasteiger partial charge in [0.05, 0.1) is 0 Å². The van der Waals surface area contributed by atoms with Crippen LogP contribution in [0.4, 0.5) is 0 Å². The zero-order valence-corrected chi connectivity index (χ0v) is 12.6. The average Bonchev–Trinajstić information content (AvgIpc) is 3.45. The molecule has 0 spiro atoms. The summed E-state index contributed by atoms with van der Waals surface area (Å²) in [6, 6.07) is 10.1. The third-order valence-electron chi connectivity index (χ3n) is 5.62. The van der Waals surface area contributed by atoms with Gasteiger partial charge in [0.2, 0.25) is 11.8 Å². The van der Waals surface area contributed by atoms with Crippen molar-refractivity contribution in [3.8, 4) is 0 Å². The van der Waals surface area contributed by atoms with E-state index in [1.807, 2.05) is 18.2 Å². The van der Waals surface area contributed by atoms with Crippen LogP contribution in [0.2, 0.25) is 0 Å². The van der Waals surface area contributed by atoms with Crippen LogP contribution in [0.15, 0.2) is 30.3 Å². The Balaban J connectivity index is 1.25. The molecule has 1 unspecified atom stereocenters. The summed E-state index contributed by atoms with van der Waals surface area (Å²) in [6.07, 6.45) is 5.72. The van der Waals surface area contributed by atoms with E-state index in [-0.39, 0.29) is 23.7 Å². The summed E-state index contributed by atoms with van der Waals surface area (Å²) in [6.45, 7) is 0. The highest BCUT2D eigenvalue weighted by molar-refractivity contribution is 5.88. The molecular weight excluding hydrogens is 276 g/mol. The van der Waals surface area contributed by atoms with Gasteiger partial charge in [0.25, 0.3) is 0 Å². The van der Waals surface area contributed by atoms with Crippen molar-refractivity contribution in [1.82, 2.24) is 10.9 Å². The van der Waals surface area contributed by atoms with Gasteiger partial charge in [-0.2, -0.15) is 0 Å². The van der Waals surface area contributed by atoms with Gasteiger partial charge in [0.15, 0.2) is 0 Å². The van der Waals surface area contributed by atoms with Crippen molar-refractivity contribution in [2.75, 3.05) is 0 Å². The van der Waals surface area contributed by atoms with Gasteiger partial charge in [0.1, 0.15) is 0 Å². The molecule has 0 aromatic heterocycles. The molecule has 0 radical (unpaired) electrons. The fourth-order valence-corrected chi connectivity index (χ4v) is 4.23. The molecule has 0 aliphatic heterocycles. The van der Waals surface area contributed by atoms with E-state index >= 15 is 0 Å². The molecule has 5 atom stereocenters. The summed E-state index contributed by atoms with van der Waals surface area (Å²) in [5.41, 5.74) is 6.50. The van der Waals surface area contributed by atoms with E-state index < -0.39 is 0 Å². The summed E-state index contributed by atoms with van der Waals surface area (Å²) < 4.78 is 0. The van der Waals surface area contributed by atoms with E-state index in [4.69, 9.17) is 0 Å². The first-order chi connectivity index (χ1) is 10.8. The zero-order chi connectivity index (χ0) is 15.1. The van der Waals surface area contributed by atoms with Crippen LogP contribution in [0.1, 0.15) is 43.6 Å². The van der Waals surface area contributed by atoms with Crippen molar-refractivity contribution in [3.63, 3.8) is 0 Å². The second kappa shape index (κ2) is 5.41. The second-order valence-corrected chi connectivity index (χ2v) is 6.98. The molecule has 4 rings (SSSR count). The Morgan fingerprint density at radius 2 is 1.55 bits per heavy atom. The molecule has 116 valence electrons. The van der Waals surface area contributed by atoms with Gasteiger partial charge in [0, 0.05) is 11.8 Å². The Morgan fingerprint density at radius 3 is 2.23 bits per heavy atom. The van der Waals surface area contributed by atoms with E-state index in [1.165, 1.54) is 31.2 Å². The molecule has 22 heavy (non-hydrogen) atoms. The van der Waals surface area contributed by atoms with Crippen LogP contribution >= 0.6 is 0 Å². The molecule has 0 heterocycles. The molecule has 4 heteroatoms. The molecule has 3 fully saturated rings. The lowest BCUT2D eigenvalue weighted by Gasteiger charge is -2.07. The van der Waals surface area contributed by atoms with Gasteiger partial charge in [-0.25, -0.2) is 0 Å². The SMILES string of the molecule is O=C(NNC(=O)[C@H]1C[C@H]1c1ccccc1)C1[C@H]2CCCC[C@@H]12. The molecule has 0 bridgehead atoms. The molecule has 2 N–H and O–H groups in total. The third-order valence-corrected chi connectivity index (χ3v) is 5.62. The standard InChI is InChI=1S/C18H22N2O2/c21-17(15-10-14(15)11-6-2-1-3-7-11)19-20-18(22)16-12-8-4-5-9-13(12)16/h1-3,6-7,12-16H,4-5,8-10H2,(H,19,21)(H,20,22)/t12-,13+,14-,15-,16?/m0/s1. The minimum absolute atomic E-state index is 0.00387. The first kappa shape index (κ1) is 13.8. The fraction of sp³-hybridized carbons (Fsp3) is 0.556. The fourth-order valence-electron chi connectivity index (χ4n) is 4.23. The summed E-state index contributed by atoms with van der Waals surface area (Å²) in [5.74, 6) is 1.57. The van der Waals surface area contributed by atoms with Crippen molar-refractivity contribution in [3.05, 3.63) is 35.9 Å². The Hall–Kier alpha value is -1.84. The van der Waals surface area contributed by atoms with Crippen LogP contribution in [-0.2, 0) is 9.59 Å². The predicted octanol–water partition coefficient (Wildman–Crippen LogP) is 2.37. The molecule has 3 aliphatic rings. The minimum atomic E-state index is -0.0502. The van der Waals surface area contributed by atoms with Gasteiger partial charge < -0.3 is 0 Å². The number of hydrogen-bond acceptors (Lipinski definition) is 2. The van der Waals surface area contributed by atoms with Crippen LogP contribution in [0.3, 0.4) is 0 Å². The number of amides is 2. The molecule has 1 aromatic carbocycles. The summed E-state index contributed by atoms with van der Waals surface area (Å²) in [5, 5.41) is 0. The maximum absolute atomic E-state index is 12.1. The number of benzene rings is 1. The second-order valence-electron chi connectivity index (χ2n) is 6.98. The van der Waals surface area contributed by atoms with E-state index in [9.17, 15) is 9.59 Å². The number of rotatable bonds is 3. The van der Waals surface area contributed by atoms with Crippen molar-refractivity contribution in [2.45, 2.75) is 38.0 Å². The first-order valence-corrected chi connectivity index (χ1v) is 8.40. The lowest BCUT2D eigenvalue weighted by Crippen LogP contribution is -2.43. The maximum Gasteiger partial charge on any atom is 0.242 e.